The Balaban J connectivity index is 1.10. The quantitative estimate of drug-likeness (QED) is 0.221. The molecule has 1 aliphatic carbocycles. The van der Waals surface area contributed by atoms with E-state index < -0.39 is 28.6 Å². The van der Waals surface area contributed by atoms with Crippen LogP contribution in [0.1, 0.15) is 36.0 Å². The highest BCUT2D eigenvalue weighted by atomic mass is 32.2. The molecular weight excluding hydrogens is 614 g/mol. The summed E-state index contributed by atoms with van der Waals surface area (Å²) in [5.41, 5.74) is 6.29. The molecule has 1 fully saturated rings. The molecule has 240 valence electrons. The molecule has 0 bridgehead atoms. The molecule has 5 aromatic rings. The fourth-order valence-corrected chi connectivity index (χ4v) is 8.20. The first kappa shape index (κ1) is 30.6. The van der Waals surface area contributed by atoms with Gasteiger partial charge in [-0.15, -0.1) is 0 Å². The number of anilines is 1. The first-order valence-electron chi connectivity index (χ1n) is 15.7. The number of hydrogen-bond acceptors (Lipinski definition) is 7. The fourth-order valence-electron chi connectivity index (χ4n) is 6.73. The van der Waals surface area contributed by atoms with Gasteiger partial charge in [0.1, 0.15) is 12.1 Å². The maximum atomic E-state index is 14.0. The zero-order valence-corrected chi connectivity index (χ0v) is 27.0. The zero-order valence-electron chi connectivity index (χ0n) is 26.2. The molecule has 2 atom stereocenters. The highest BCUT2D eigenvalue weighted by Gasteiger charge is 2.38. The Labute approximate surface area is 273 Å². The number of aromatic amines is 1. The number of piperidine rings is 1. The van der Waals surface area contributed by atoms with Crippen molar-refractivity contribution in [2.24, 2.45) is 11.8 Å². The van der Waals surface area contributed by atoms with Crippen molar-refractivity contribution in [2.75, 3.05) is 30.5 Å². The van der Waals surface area contributed by atoms with Gasteiger partial charge in [-0.3, -0.25) is 4.79 Å². The van der Waals surface area contributed by atoms with Gasteiger partial charge in [0.15, 0.2) is 17.2 Å². The minimum absolute atomic E-state index is 0.0452. The number of ether oxygens (including phenoxy) is 1. The Morgan fingerprint density at radius 3 is 2.45 bits per heavy atom. The van der Waals surface area contributed by atoms with Gasteiger partial charge in [-0.2, -0.15) is 0 Å². The smallest absolute Gasteiger partial charge is 0.409 e. The van der Waals surface area contributed by atoms with E-state index in [0.717, 1.165) is 32.1 Å². The maximum absolute atomic E-state index is 14.0. The molecule has 3 heterocycles. The van der Waals surface area contributed by atoms with Gasteiger partial charge < -0.3 is 14.6 Å². The van der Waals surface area contributed by atoms with Crippen molar-refractivity contribution in [3.05, 3.63) is 108 Å². The van der Waals surface area contributed by atoms with Crippen molar-refractivity contribution >= 4 is 38.9 Å². The van der Waals surface area contributed by atoms with Crippen LogP contribution >= 0.6 is 0 Å². The minimum Gasteiger partial charge on any atom is -0.448 e. The molecule has 7 rings (SSSR count). The van der Waals surface area contributed by atoms with E-state index in [0.29, 0.717) is 24.1 Å². The number of rotatable bonds is 8. The van der Waals surface area contributed by atoms with Crippen LogP contribution in [0.3, 0.4) is 0 Å². The van der Waals surface area contributed by atoms with E-state index >= 15 is 0 Å². The number of ketones is 1. The Hall–Kier alpha value is -5.03. The number of benzene rings is 3. The normalized spacial score (nSPS) is 17.7. The van der Waals surface area contributed by atoms with Gasteiger partial charge in [-0.1, -0.05) is 67.6 Å². The molecule has 11 heteroatoms. The fraction of sp³-hybridized carbons (Fsp3) is 0.278. The summed E-state index contributed by atoms with van der Waals surface area (Å²) in [7, 11) is -4.18. The number of nitrogens with zero attached hydrogens (tertiary/aromatic N) is 4. The number of hydrogen-bond donors (Lipinski definition) is 1. The molecule has 2 aliphatic rings. The molecule has 0 spiro atoms. The molecule has 1 amide bonds. The number of carbonyl (C=O) groups is 2. The summed E-state index contributed by atoms with van der Waals surface area (Å²) < 4.78 is 35.0. The number of aryl methyl sites for hydroxylation is 1. The molecular formula is C36H35N5O5S. The van der Waals surface area contributed by atoms with E-state index in [9.17, 15) is 18.0 Å². The molecule has 3 aromatic carbocycles. The Kier molecular flexibility index (Phi) is 8.01. The number of likely N-dealkylation sites (tertiary alicyclic amines) is 1. The number of H-pyrrole nitrogens is 1. The van der Waals surface area contributed by atoms with Crippen LogP contribution < -0.4 is 4.31 Å². The predicted octanol–water partition coefficient (Wildman–Crippen LogP) is 5.94. The third-order valence-electron chi connectivity index (χ3n) is 9.35. The first-order chi connectivity index (χ1) is 22.7. The minimum atomic E-state index is -4.18. The van der Waals surface area contributed by atoms with Crippen LogP contribution in [0.5, 0.6) is 0 Å². The zero-order chi connectivity index (χ0) is 32.7. The summed E-state index contributed by atoms with van der Waals surface area (Å²) in [6, 6.07) is 24.6. The van der Waals surface area contributed by atoms with Gasteiger partial charge in [0, 0.05) is 31.1 Å². The monoisotopic (exact) mass is 649 g/mol. The second-order valence-corrected chi connectivity index (χ2v) is 14.2. The second-order valence-electron chi connectivity index (χ2n) is 12.4. The first-order valence-corrected chi connectivity index (χ1v) is 17.2. The molecule has 2 aromatic heterocycles. The molecule has 1 aliphatic heterocycles. The van der Waals surface area contributed by atoms with Gasteiger partial charge in [0.2, 0.25) is 0 Å². The van der Waals surface area contributed by atoms with E-state index in [-0.39, 0.29) is 41.5 Å². The third-order valence-corrected chi connectivity index (χ3v) is 11.1. The van der Waals surface area contributed by atoms with Crippen LogP contribution in [0.4, 0.5) is 10.6 Å². The van der Waals surface area contributed by atoms with E-state index in [1.807, 2.05) is 44.2 Å². The summed E-state index contributed by atoms with van der Waals surface area (Å²) in [6.45, 7) is 4.08. The van der Waals surface area contributed by atoms with Crippen molar-refractivity contribution in [3.63, 3.8) is 0 Å². The highest BCUT2D eigenvalue weighted by molar-refractivity contribution is 7.92. The molecule has 1 N–H and O–H groups in total. The average molecular weight is 650 g/mol. The molecule has 1 saturated heterocycles. The molecule has 47 heavy (non-hydrogen) atoms. The summed E-state index contributed by atoms with van der Waals surface area (Å²) in [6.07, 6.45) is 3.12. The van der Waals surface area contributed by atoms with E-state index in [4.69, 9.17) is 4.74 Å². The standard InChI is InChI=1S/C36H35N5O5S/c1-23-8-7-9-25(18-23)47(44,45)41(34-19-38-35-32(39-34)14-16-37-35)21-33(42)30-20-40(17-15-24(30)2)36(43)46-22-31-28-12-5-3-10-26(28)27-11-4-6-13-29(27)31/h3-14,16,18-19,24,30-31H,15,17,20-22H2,1-2H3,(H,37,38). The lowest BCUT2D eigenvalue weighted by Gasteiger charge is -2.36. The Bertz CT molecular complexity index is 2050. The van der Waals surface area contributed by atoms with Gasteiger partial charge in [0.25, 0.3) is 10.0 Å². The van der Waals surface area contributed by atoms with E-state index in [1.165, 1.54) is 12.3 Å². The van der Waals surface area contributed by atoms with Crippen LogP contribution in [0.15, 0.2) is 96.2 Å². The van der Waals surface area contributed by atoms with Crippen LogP contribution in [0, 0.1) is 18.8 Å². The van der Waals surface area contributed by atoms with E-state index in [2.05, 4.69) is 39.2 Å². The highest BCUT2D eigenvalue weighted by Crippen LogP contribution is 2.44. The number of carbonyl (C=O) groups excluding carboxylic acids is 2. The van der Waals surface area contributed by atoms with Crippen LogP contribution in [0.2, 0.25) is 0 Å². The number of fused-ring (bicyclic) bond motifs is 4. The largest absolute Gasteiger partial charge is 0.448 e. The lowest BCUT2D eigenvalue weighted by molar-refractivity contribution is -0.124. The lowest BCUT2D eigenvalue weighted by Crippen LogP contribution is -2.49. The molecule has 2 unspecified atom stereocenters. The van der Waals surface area contributed by atoms with Crippen molar-refractivity contribution in [3.8, 4) is 11.1 Å². The summed E-state index contributed by atoms with van der Waals surface area (Å²) in [5, 5.41) is 0. The molecule has 10 nitrogen and oxygen atoms in total. The number of sulfonamides is 1. The Morgan fingerprint density at radius 1 is 1.00 bits per heavy atom. The van der Waals surface area contributed by atoms with Gasteiger partial charge in [-0.25, -0.2) is 27.5 Å². The van der Waals surface area contributed by atoms with Gasteiger partial charge in [0.05, 0.1) is 17.6 Å². The number of amides is 1. The van der Waals surface area contributed by atoms with Crippen LogP contribution in [-0.4, -0.2) is 66.4 Å². The van der Waals surface area contributed by atoms with E-state index in [1.54, 1.807) is 29.3 Å². The van der Waals surface area contributed by atoms with Crippen molar-refractivity contribution in [1.82, 2.24) is 19.9 Å². The Morgan fingerprint density at radius 2 is 1.72 bits per heavy atom. The summed E-state index contributed by atoms with van der Waals surface area (Å²) >= 11 is 0. The van der Waals surface area contributed by atoms with Crippen molar-refractivity contribution < 1.29 is 22.7 Å². The van der Waals surface area contributed by atoms with Gasteiger partial charge >= 0.3 is 6.09 Å². The molecule has 0 radical (unpaired) electrons. The average Bonchev–Trinajstić information content (AvgIpc) is 3.68. The SMILES string of the molecule is Cc1cccc(S(=O)(=O)N(CC(=O)C2CN(C(=O)OCC3c4ccccc4-c4ccccc43)CCC2C)c2cnc3[nH]ccc3n2)c1. The number of nitrogens with one attached hydrogen (secondary N) is 1. The van der Waals surface area contributed by atoms with Crippen LogP contribution in [0.25, 0.3) is 22.3 Å². The lowest BCUT2D eigenvalue weighted by atomic mass is 9.84. The van der Waals surface area contributed by atoms with Crippen molar-refractivity contribution in [1.29, 1.82) is 0 Å². The number of Topliss-reactive ketones (excluding diaryl/α,β-unsaturated/α-hetero) is 1. The summed E-state index contributed by atoms with van der Waals surface area (Å²) in [5.74, 6) is -0.999. The predicted molar refractivity (Wildman–Crippen MR) is 179 cm³/mol. The van der Waals surface area contributed by atoms with Crippen LogP contribution in [-0.2, 0) is 19.6 Å². The van der Waals surface area contributed by atoms with Crippen molar-refractivity contribution in [2.45, 2.75) is 31.1 Å². The third kappa shape index (κ3) is 5.76. The summed E-state index contributed by atoms with van der Waals surface area (Å²) in [4.78, 5) is 40.9. The maximum Gasteiger partial charge on any atom is 0.409 e. The number of aromatic nitrogens is 3. The van der Waals surface area contributed by atoms with Gasteiger partial charge in [-0.05, 0) is 65.3 Å². The second kappa shape index (κ2) is 12.3. The molecule has 0 saturated carbocycles. The topological polar surface area (TPSA) is 126 Å².